The Bertz CT molecular complexity index is 908. The monoisotopic (exact) mass is 918 g/mol. The van der Waals surface area contributed by atoms with Gasteiger partial charge >= 0.3 is 17.6 Å². The first-order valence-electron chi connectivity index (χ1n) is 24.7. The van der Waals surface area contributed by atoms with Crippen molar-refractivity contribution < 1.29 is 26.6 Å². The van der Waals surface area contributed by atoms with Crippen molar-refractivity contribution in [3.63, 3.8) is 0 Å². The van der Waals surface area contributed by atoms with Gasteiger partial charge in [-0.2, -0.15) is 0 Å². The van der Waals surface area contributed by atoms with Crippen LogP contribution < -0.4 is 0 Å². The van der Waals surface area contributed by atoms with Crippen LogP contribution in [0.15, 0.2) is 0 Å². The number of hydrogen-bond donors (Lipinski definition) is 0. The zero-order valence-electron chi connectivity index (χ0n) is 37.8. The number of hydrogen-bond acceptors (Lipinski definition) is 10. The fourth-order valence-electron chi connectivity index (χ4n) is 10.6. The van der Waals surface area contributed by atoms with Gasteiger partial charge in [0.05, 0.1) is 0 Å². The molecule has 6 fully saturated rings. The quantitative estimate of drug-likeness (QED) is 0.0632. The van der Waals surface area contributed by atoms with Crippen molar-refractivity contribution in [2.75, 3.05) is 11.5 Å². The van der Waals surface area contributed by atoms with E-state index in [1.165, 1.54) is 77.0 Å². The molecule has 0 aromatic carbocycles. The zero-order valence-corrected chi connectivity index (χ0v) is 43.1. The van der Waals surface area contributed by atoms with Gasteiger partial charge in [0.1, 0.15) is 0 Å². The molecule has 0 heterocycles. The first-order chi connectivity index (χ1) is 28.0. The van der Waals surface area contributed by atoms with Crippen LogP contribution in [0.1, 0.15) is 196 Å². The SMILES string of the molecule is CC1CCC(O[Si](CCSSSSCC[Si](OC2CCC(C)CC2)(OC2CCC(C)CC2)OC2CCC(C)CC2)(OC2CCC(C)CC2)OC2CCC(C)CC2)CC1. The molecule has 6 rings (SSSR count). The lowest BCUT2D eigenvalue weighted by molar-refractivity contribution is -0.0468. The second-order valence-electron chi connectivity index (χ2n) is 20.6. The third kappa shape index (κ3) is 16.9. The summed E-state index contributed by atoms with van der Waals surface area (Å²) in [5, 5.41) is 0. The Hall–Kier alpha value is 1.59. The Morgan fingerprint density at radius 2 is 0.466 bits per heavy atom. The van der Waals surface area contributed by atoms with Gasteiger partial charge in [-0.25, -0.2) is 0 Å². The second kappa shape index (κ2) is 25.3. The van der Waals surface area contributed by atoms with Crippen LogP contribution in [0.5, 0.6) is 0 Å². The van der Waals surface area contributed by atoms with E-state index in [9.17, 15) is 0 Å². The maximum Gasteiger partial charge on any atom is 0.502 e. The van der Waals surface area contributed by atoms with Gasteiger partial charge in [0.2, 0.25) is 0 Å². The molecule has 6 aliphatic rings. The summed E-state index contributed by atoms with van der Waals surface area (Å²) in [5.41, 5.74) is 0. The maximum absolute atomic E-state index is 7.30. The summed E-state index contributed by atoms with van der Waals surface area (Å²) in [6, 6.07) is 1.84. The summed E-state index contributed by atoms with van der Waals surface area (Å²) in [7, 11) is 2.04. The molecular formula is C46H86O6S4Si2. The molecule has 0 spiro atoms. The highest BCUT2D eigenvalue weighted by atomic mass is 33.7. The minimum atomic E-state index is -2.90. The molecule has 6 saturated carbocycles. The van der Waals surface area contributed by atoms with E-state index in [2.05, 4.69) is 41.5 Å². The molecule has 338 valence electrons. The molecule has 12 heteroatoms. The van der Waals surface area contributed by atoms with E-state index in [4.69, 9.17) is 26.6 Å². The van der Waals surface area contributed by atoms with Crippen molar-refractivity contribution in [1.82, 2.24) is 0 Å². The minimum absolute atomic E-state index is 0.289. The molecule has 0 bridgehead atoms. The van der Waals surface area contributed by atoms with Crippen LogP contribution in [0.3, 0.4) is 0 Å². The topological polar surface area (TPSA) is 55.4 Å². The summed E-state index contributed by atoms with van der Waals surface area (Å²) in [6.45, 7) is 14.4. The van der Waals surface area contributed by atoms with Gasteiger partial charge in [-0.05, 0) is 209 Å². The smallest absolute Gasteiger partial charge is 0.370 e. The lowest BCUT2D eigenvalue weighted by atomic mass is 9.89. The third-order valence-electron chi connectivity index (χ3n) is 15.0. The van der Waals surface area contributed by atoms with Crippen molar-refractivity contribution in [1.29, 1.82) is 0 Å². The molecule has 0 radical (unpaired) electrons. The maximum atomic E-state index is 7.30. The fourth-order valence-corrected chi connectivity index (χ4v) is 25.1. The van der Waals surface area contributed by atoms with Crippen LogP contribution in [0.25, 0.3) is 0 Å². The van der Waals surface area contributed by atoms with E-state index in [1.54, 1.807) is 0 Å². The molecule has 0 N–H and O–H groups in total. The lowest BCUT2D eigenvalue weighted by Crippen LogP contribution is -2.54. The number of rotatable bonds is 21. The van der Waals surface area contributed by atoms with E-state index < -0.39 is 17.6 Å². The highest BCUT2D eigenvalue weighted by Gasteiger charge is 2.50. The van der Waals surface area contributed by atoms with Crippen molar-refractivity contribution in [2.45, 2.75) is 244 Å². The first-order valence-corrected chi connectivity index (χ1v) is 33.7. The molecule has 6 nitrogen and oxygen atoms in total. The Kier molecular flexibility index (Phi) is 21.4. The first kappa shape index (κ1) is 49.0. The van der Waals surface area contributed by atoms with E-state index in [0.29, 0.717) is 0 Å². The van der Waals surface area contributed by atoms with Crippen molar-refractivity contribution in [3.8, 4) is 0 Å². The molecule has 0 aliphatic heterocycles. The molecule has 0 aromatic rings. The van der Waals surface area contributed by atoms with Crippen LogP contribution >= 0.6 is 41.2 Å². The van der Waals surface area contributed by atoms with E-state index >= 15 is 0 Å². The van der Waals surface area contributed by atoms with Crippen molar-refractivity contribution in [3.05, 3.63) is 0 Å². The molecule has 0 unspecified atom stereocenters. The van der Waals surface area contributed by atoms with Crippen LogP contribution in [-0.4, -0.2) is 65.7 Å². The van der Waals surface area contributed by atoms with Crippen LogP contribution in [0.4, 0.5) is 0 Å². The van der Waals surface area contributed by atoms with Gasteiger partial charge < -0.3 is 26.6 Å². The molecule has 0 amide bonds. The summed E-state index contributed by atoms with van der Waals surface area (Å²) in [6.07, 6.45) is 30.8. The third-order valence-corrected chi connectivity index (χ3v) is 28.0. The Labute approximate surface area is 374 Å². The predicted octanol–water partition coefficient (Wildman–Crippen LogP) is 15.1. The van der Waals surface area contributed by atoms with E-state index in [1.807, 2.05) is 41.2 Å². The Balaban J connectivity index is 1.05. The average Bonchev–Trinajstić information content (AvgIpc) is 3.21. The summed E-state index contributed by atoms with van der Waals surface area (Å²) in [5.74, 6) is 6.85. The van der Waals surface area contributed by atoms with Gasteiger partial charge in [0.15, 0.2) is 0 Å². The van der Waals surface area contributed by atoms with Crippen molar-refractivity contribution in [2.24, 2.45) is 35.5 Å². The largest absolute Gasteiger partial charge is 0.502 e. The lowest BCUT2D eigenvalue weighted by Gasteiger charge is -2.42. The molecule has 0 aromatic heterocycles. The molecule has 58 heavy (non-hydrogen) atoms. The van der Waals surface area contributed by atoms with Crippen LogP contribution in [0, 0.1) is 35.5 Å². The van der Waals surface area contributed by atoms with Gasteiger partial charge in [0, 0.05) is 60.2 Å². The Morgan fingerprint density at radius 1 is 0.293 bits per heavy atom. The summed E-state index contributed by atoms with van der Waals surface area (Å²) < 4.78 is 43.8. The zero-order chi connectivity index (χ0) is 40.8. The van der Waals surface area contributed by atoms with E-state index in [-0.39, 0.29) is 36.6 Å². The van der Waals surface area contributed by atoms with Crippen molar-refractivity contribution >= 4 is 58.8 Å². The van der Waals surface area contributed by atoms with Gasteiger partial charge in [-0.1, -0.05) is 63.1 Å². The van der Waals surface area contributed by atoms with E-state index in [0.717, 1.165) is 136 Å². The highest BCUT2D eigenvalue weighted by molar-refractivity contribution is 9.26. The predicted molar refractivity (Wildman–Crippen MR) is 256 cm³/mol. The highest BCUT2D eigenvalue weighted by Crippen LogP contribution is 2.46. The van der Waals surface area contributed by atoms with Gasteiger partial charge in [0.25, 0.3) is 0 Å². The minimum Gasteiger partial charge on any atom is -0.370 e. The molecule has 0 saturated heterocycles. The fraction of sp³-hybridized carbons (Fsp3) is 1.00. The molecular weight excluding hydrogens is 833 g/mol. The Morgan fingerprint density at radius 3 is 0.638 bits per heavy atom. The van der Waals surface area contributed by atoms with Crippen LogP contribution in [0.2, 0.25) is 12.1 Å². The average molecular weight is 920 g/mol. The standard InChI is InChI=1S/C46H86O6S4Si2/c1-35-7-19-41(20-8-35)47-57(48-42-21-9-36(2)10-22-42,49-43-23-11-37(3)12-24-43)33-31-53-55-56-54-32-34-58(50-44-25-13-38(4)14-26-44,51-45-27-15-39(5)16-28-45)52-46-29-17-40(6)18-30-46/h35-46H,7-34H2,1-6H3. The van der Waals surface area contributed by atoms with Crippen LogP contribution in [-0.2, 0) is 26.6 Å². The normalized spacial score (nSPS) is 38.8. The second-order valence-corrected chi connectivity index (χ2v) is 32.0. The molecule has 6 aliphatic carbocycles. The van der Waals surface area contributed by atoms with Gasteiger partial charge in [-0.15, -0.1) is 0 Å². The summed E-state index contributed by atoms with van der Waals surface area (Å²) >= 11 is 0. The van der Waals surface area contributed by atoms with Gasteiger partial charge in [-0.3, -0.25) is 0 Å². The molecule has 0 atom stereocenters. The summed E-state index contributed by atoms with van der Waals surface area (Å²) in [4.78, 5) is 0.